The first-order valence-corrected chi connectivity index (χ1v) is 8.41. The number of hydrogen-bond donors (Lipinski definition) is 0. The number of aromatic nitrogens is 2. The number of carbonyl (C=O) groups is 1. The molecule has 3 rings (SSSR count). The SMILES string of the molecule is Cc1ncc(CN(C)C(=O)c2cccnc2N2CCOCC2)s1. The van der Waals surface area contributed by atoms with Gasteiger partial charge in [0.2, 0.25) is 0 Å². The van der Waals surface area contributed by atoms with Gasteiger partial charge in [-0.3, -0.25) is 4.79 Å². The Hall–Kier alpha value is -1.99. The van der Waals surface area contributed by atoms with Crippen LogP contribution in [-0.4, -0.2) is 54.1 Å². The lowest BCUT2D eigenvalue weighted by molar-refractivity contribution is 0.0785. The molecule has 0 aliphatic carbocycles. The summed E-state index contributed by atoms with van der Waals surface area (Å²) in [6, 6.07) is 3.65. The number of hydrogen-bond acceptors (Lipinski definition) is 6. The summed E-state index contributed by atoms with van der Waals surface area (Å²) < 4.78 is 5.38. The number of pyridine rings is 1. The van der Waals surface area contributed by atoms with Crippen molar-refractivity contribution in [2.45, 2.75) is 13.5 Å². The van der Waals surface area contributed by atoms with E-state index in [1.807, 2.05) is 32.3 Å². The van der Waals surface area contributed by atoms with Crippen LogP contribution in [0.25, 0.3) is 0 Å². The summed E-state index contributed by atoms with van der Waals surface area (Å²) in [5.74, 6) is 0.721. The van der Waals surface area contributed by atoms with Crippen molar-refractivity contribution in [1.82, 2.24) is 14.9 Å². The molecule has 0 radical (unpaired) electrons. The molecule has 1 saturated heterocycles. The molecule has 0 bridgehead atoms. The molecule has 7 heteroatoms. The molecule has 0 N–H and O–H groups in total. The molecule has 0 aromatic carbocycles. The number of morpholine rings is 1. The highest BCUT2D eigenvalue weighted by Gasteiger charge is 2.22. The summed E-state index contributed by atoms with van der Waals surface area (Å²) in [5, 5.41) is 1.01. The fraction of sp³-hybridized carbons (Fsp3) is 0.438. The number of thiazole rings is 1. The van der Waals surface area contributed by atoms with E-state index in [4.69, 9.17) is 4.74 Å². The molecule has 3 heterocycles. The first kappa shape index (κ1) is 15.9. The molecule has 1 aliphatic heterocycles. The van der Waals surface area contributed by atoms with Crippen LogP contribution in [0, 0.1) is 6.92 Å². The lowest BCUT2D eigenvalue weighted by Crippen LogP contribution is -2.38. The normalized spacial score (nSPS) is 14.8. The van der Waals surface area contributed by atoms with Crippen LogP contribution in [0.15, 0.2) is 24.5 Å². The predicted octanol–water partition coefficient (Wildman–Crippen LogP) is 1.96. The van der Waals surface area contributed by atoms with Crippen molar-refractivity contribution in [2.24, 2.45) is 0 Å². The molecule has 0 saturated carbocycles. The molecular weight excluding hydrogens is 312 g/mol. The Labute approximate surface area is 139 Å². The molecule has 2 aromatic rings. The van der Waals surface area contributed by atoms with Crippen LogP contribution in [0.1, 0.15) is 20.2 Å². The first-order chi connectivity index (χ1) is 11.1. The number of anilines is 1. The summed E-state index contributed by atoms with van der Waals surface area (Å²) in [6.45, 7) is 5.37. The Bertz CT molecular complexity index is 682. The largest absolute Gasteiger partial charge is 0.378 e. The van der Waals surface area contributed by atoms with Gasteiger partial charge < -0.3 is 14.5 Å². The second kappa shape index (κ2) is 7.06. The molecular formula is C16H20N4O2S. The highest BCUT2D eigenvalue weighted by atomic mass is 32.1. The lowest BCUT2D eigenvalue weighted by Gasteiger charge is -2.29. The maximum atomic E-state index is 12.8. The first-order valence-electron chi connectivity index (χ1n) is 7.59. The zero-order valence-corrected chi connectivity index (χ0v) is 14.2. The Morgan fingerprint density at radius 2 is 2.17 bits per heavy atom. The monoisotopic (exact) mass is 332 g/mol. The van der Waals surface area contributed by atoms with Crippen LogP contribution in [0.5, 0.6) is 0 Å². The molecule has 1 fully saturated rings. The van der Waals surface area contributed by atoms with Gasteiger partial charge >= 0.3 is 0 Å². The van der Waals surface area contributed by atoms with E-state index in [-0.39, 0.29) is 5.91 Å². The van der Waals surface area contributed by atoms with Gasteiger partial charge in [-0.05, 0) is 19.1 Å². The molecule has 2 aromatic heterocycles. The summed E-state index contributed by atoms with van der Waals surface area (Å²) >= 11 is 1.61. The van der Waals surface area contributed by atoms with Gasteiger partial charge in [-0.1, -0.05) is 0 Å². The average molecular weight is 332 g/mol. The fourth-order valence-electron chi connectivity index (χ4n) is 2.58. The molecule has 0 spiro atoms. The van der Waals surface area contributed by atoms with Crippen molar-refractivity contribution in [3.05, 3.63) is 40.0 Å². The van der Waals surface area contributed by atoms with Gasteiger partial charge in [-0.25, -0.2) is 9.97 Å². The van der Waals surface area contributed by atoms with Crippen molar-refractivity contribution in [1.29, 1.82) is 0 Å². The second-order valence-electron chi connectivity index (χ2n) is 5.48. The van der Waals surface area contributed by atoms with Crippen LogP contribution in [-0.2, 0) is 11.3 Å². The number of aryl methyl sites for hydroxylation is 1. The van der Waals surface area contributed by atoms with Crippen molar-refractivity contribution in [3.8, 4) is 0 Å². The minimum Gasteiger partial charge on any atom is -0.378 e. The van der Waals surface area contributed by atoms with E-state index in [0.717, 1.165) is 28.8 Å². The number of ether oxygens (including phenoxy) is 1. The van der Waals surface area contributed by atoms with E-state index in [1.54, 1.807) is 22.4 Å². The van der Waals surface area contributed by atoms with E-state index in [1.165, 1.54) is 0 Å². The van der Waals surface area contributed by atoms with E-state index >= 15 is 0 Å². The highest BCUT2D eigenvalue weighted by Crippen LogP contribution is 2.21. The van der Waals surface area contributed by atoms with Crippen molar-refractivity contribution in [2.75, 3.05) is 38.3 Å². The van der Waals surface area contributed by atoms with Crippen molar-refractivity contribution in [3.63, 3.8) is 0 Å². The molecule has 23 heavy (non-hydrogen) atoms. The summed E-state index contributed by atoms with van der Waals surface area (Å²) in [5.41, 5.74) is 0.637. The Morgan fingerprint density at radius 3 is 2.87 bits per heavy atom. The zero-order chi connectivity index (χ0) is 16.2. The topological polar surface area (TPSA) is 58.6 Å². The lowest BCUT2D eigenvalue weighted by atomic mass is 10.2. The van der Waals surface area contributed by atoms with E-state index < -0.39 is 0 Å². The maximum absolute atomic E-state index is 12.8. The molecule has 1 amide bonds. The van der Waals surface area contributed by atoms with E-state index in [9.17, 15) is 4.79 Å². The minimum atomic E-state index is -0.0226. The van der Waals surface area contributed by atoms with E-state index in [0.29, 0.717) is 25.3 Å². The third-order valence-corrected chi connectivity index (χ3v) is 4.63. The van der Waals surface area contributed by atoms with Gasteiger partial charge in [0, 0.05) is 37.4 Å². The molecule has 122 valence electrons. The second-order valence-corrected chi connectivity index (χ2v) is 6.80. The third kappa shape index (κ3) is 3.68. The van der Waals surface area contributed by atoms with Gasteiger partial charge in [0.15, 0.2) is 0 Å². The molecule has 1 aliphatic rings. The number of nitrogens with zero attached hydrogens (tertiary/aromatic N) is 4. The molecule has 6 nitrogen and oxygen atoms in total. The number of carbonyl (C=O) groups excluding carboxylic acids is 1. The van der Waals surface area contributed by atoms with Gasteiger partial charge in [0.05, 0.1) is 30.3 Å². The highest BCUT2D eigenvalue weighted by molar-refractivity contribution is 7.11. The van der Waals surface area contributed by atoms with Crippen LogP contribution < -0.4 is 4.90 Å². The van der Waals surface area contributed by atoms with Crippen molar-refractivity contribution >= 4 is 23.1 Å². The maximum Gasteiger partial charge on any atom is 0.257 e. The van der Waals surface area contributed by atoms with Crippen LogP contribution in [0.2, 0.25) is 0 Å². The summed E-state index contributed by atoms with van der Waals surface area (Å²) in [4.78, 5) is 26.4. The fourth-order valence-corrected chi connectivity index (χ4v) is 3.43. The van der Waals surface area contributed by atoms with Gasteiger partial charge in [0.1, 0.15) is 5.82 Å². The Kier molecular flexibility index (Phi) is 4.88. The Morgan fingerprint density at radius 1 is 1.39 bits per heavy atom. The molecule has 0 unspecified atom stereocenters. The third-order valence-electron chi connectivity index (χ3n) is 3.74. The number of rotatable bonds is 4. The predicted molar refractivity (Wildman–Crippen MR) is 89.9 cm³/mol. The summed E-state index contributed by atoms with van der Waals surface area (Å²) in [6.07, 6.45) is 3.56. The van der Waals surface area contributed by atoms with Crippen LogP contribution >= 0.6 is 11.3 Å². The van der Waals surface area contributed by atoms with Gasteiger partial charge in [0.25, 0.3) is 5.91 Å². The minimum absolute atomic E-state index is 0.0226. The van der Waals surface area contributed by atoms with Crippen LogP contribution in [0.3, 0.4) is 0 Å². The van der Waals surface area contributed by atoms with Crippen LogP contribution in [0.4, 0.5) is 5.82 Å². The van der Waals surface area contributed by atoms with E-state index in [2.05, 4.69) is 14.9 Å². The van der Waals surface area contributed by atoms with Gasteiger partial charge in [-0.2, -0.15) is 0 Å². The standard InChI is InChI=1S/C16H20N4O2S/c1-12-18-10-13(23-12)11-19(2)16(21)14-4-3-5-17-15(14)20-6-8-22-9-7-20/h3-5,10H,6-9,11H2,1-2H3. The van der Waals surface area contributed by atoms with Gasteiger partial charge in [-0.15, -0.1) is 11.3 Å². The quantitative estimate of drug-likeness (QED) is 0.856. The summed E-state index contributed by atoms with van der Waals surface area (Å²) in [7, 11) is 1.81. The van der Waals surface area contributed by atoms with Crippen molar-refractivity contribution < 1.29 is 9.53 Å². The number of amides is 1. The average Bonchev–Trinajstić information content (AvgIpc) is 3.00. The zero-order valence-electron chi connectivity index (χ0n) is 13.4. The molecule has 0 atom stereocenters. The Balaban J connectivity index is 1.78. The smallest absolute Gasteiger partial charge is 0.257 e.